The predicted octanol–water partition coefficient (Wildman–Crippen LogP) is 5.25. The minimum Gasteiger partial charge on any atom is -0.493 e. The Bertz CT molecular complexity index is 1260. The number of nitrogens with one attached hydrogen (secondary N) is 1. The Balaban J connectivity index is 0.00000267. The SMILES string of the molecule is CCN1C(=O)C(C)(C)C(=O)N(C)c2cc(OCCCNCc3cccnc3Cc3ccncc3)ccc21.Cl.Cl.Cl. The number of ether oxygens (including phenoxy) is 1. The van der Waals surface area contributed by atoms with Crippen molar-refractivity contribution in [3.05, 3.63) is 77.9 Å². The van der Waals surface area contributed by atoms with Crippen LogP contribution in [0.4, 0.5) is 11.4 Å². The molecule has 0 aliphatic carbocycles. The van der Waals surface area contributed by atoms with Crippen LogP contribution in [0.1, 0.15) is 44.0 Å². The van der Waals surface area contributed by atoms with E-state index in [1.807, 2.05) is 49.5 Å². The molecule has 3 heterocycles. The van der Waals surface area contributed by atoms with Crippen LogP contribution in [-0.2, 0) is 22.6 Å². The average molecular weight is 611 g/mol. The Hall–Kier alpha value is -2.91. The van der Waals surface area contributed by atoms with E-state index in [2.05, 4.69) is 21.4 Å². The van der Waals surface area contributed by atoms with E-state index in [9.17, 15) is 9.59 Å². The highest BCUT2D eigenvalue weighted by Gasteiger charge is 2.45. The largest absolute Gasteiger partial charge is 0.493 e. The fraction of sp³-hybridized carbons (Fsp3) is 0.379. The molecule has 0 saturated carbocycles. The number of hydrogen-bond acceptors (Lipinski definition) is 6. The first-order valence-corrected chi connectivity index (χ1v) is 12.7. The number of pyridine rings is 2. The van der Waals surface area contributed by atoms with Gasteiger partial charge in [-0.2, -0.15) is 0 Å². The molecule has 0 fully saturated rings. The van der Waals surface area contributed by atoms with E-state index in [0.717, 1.165) is 37.3 Å². The van der Waals surface area contributed by atoms with Crippen LogP contribution in [0, 0.1) is 5.41 Å². The molecule has 4 rings (SSSR count). The molecule has 0 spiro atoms. The van der Waals surface area contributed by atoms with E-state index in [4.69, 9.17) is 4.74 Å². The normalized spacial score (nSPS) is 13.8. The molecule has 2 aromatic heterocycles. The maximum Gasteiger partial charge on any atom is 0.242 e. The summed E-state index contributed by atoms with van der Waals surface area (Å²) in [6, 6.07) is 13.7. The molecule has 8 nitrogen and oxygen atoms in total. The number of fused-ring (bicyclic) bond motifs is 1. The van der Waals surface area contributed by atoms with Crippen LogP contribution in [0.25, 0.3) is 0 Å². The van der Waals surface area contributed by atoms with Crippen LogP contribution in [-0.4, -0.2) is 48.5 Å². The molecule has 0 saturated heterocycles. The van der Waals surface area contributed by atoms with Crippen LogP contribution < -0.4 is 19.9 Å². The van der Waals surface area contributed by atoms with Crippen molar-refractivity contribution in [1.82, 2.24) is 15.3 Å². The highest BCUT2D eigenvalue weighted by Crippen LogP contribution is 2.40. The quantitative estimate of drug-likeness (QED) is 0.249. The first-order chi connectivity index (χ1) is 17.8. The first-order valence-electron chi connectivity index (χ1n) is 12.7. The Morgan fingerprint density at radius 2 is 1.68 bits per heavy atom. The molecular weight excluding hydrogens is 573 g/mol. The number of carbonyl (C=O) groups is 2. The lowest BCUT2D eigenvalue weighted by Gasteiger charge is -2.27. The molecule has 3 aromatic rings. The summed E-state index contributed by atoms with van der Waals surface area (Å²) in [5, 5.41) is 3.48. The van der Waals surface area contributed by atoms with Crippen LogP contribution in [0.15, 0.2) is 61.1 Å². The first kappa shape index (κ1) is 35.1. The predicted molar refractivity (Wildman–Crippen MR) is 167 cm³/mol. The summed E-state index contributed by atoms with van der Waals surface area (Å²) >= 11 is 0. The summed E-state index contributed by atoms with van der Waals surface area (Å²) in [7, 11) is 1.71. The number of hydrogen-bond donors (Lipinski definition) is 1. The number of benzene rings is 1. The second-order valence-corrected chi connectivity index (χ2v) is 9.71. The van der Waals surface area contributed by atoms with Crippen molar-refractivity contribution < 1.29 is 14.3 Å². The second kappa shape index (κ2) is 15.8. The summed E-state index contributed by atoms with van der Waals surface area (Å²) in [5.41, 5.74) is 3.71. The number of aromatic nitrogens is 2. The van der Waals surface area contributed by atoms with Crippen molar-refractivity contribution in [1.29, 1.82) is 0 Å². The molecule has 0 radical (unpaired) electrons. The zero-order valence-electron chi connectivity index (χ0n) is 23.3. The summed E-state index contributed by atoms with van der Waals surface area (Å²) in [6.07, 6.45) is 7.03. The van der Waals surface area contributed by atoms with Crippen LogP contribution >= 0.6 is 37.2 Å². The highest BCUT2D eigenvalue weighted by molar-refractivity contribution is 6.20. The number of amides is 2. The lowest BCUT2D eigenvalue weighted by atomic mass is 9.90. The van der Waals surface area contributed by atoms with Crippen molar-refractivity contribution >= 4 is 60.4 Å². The number of halogens is 3. The van der Waals surface area contributed by atoms with Gasteiger partial charge in [-0.05, 0) is 75.2 Å². The van der Waals surface area contributed by atoms with E-state index in [1.54, 1.807) is 43.1 Å². The summed E-state index contributed by atoms with van der Waals surface area (Å²) in [6.45, 7) is 7.82. The van der Waals surface area contributed by atoms with Gasteiger partial charge in [0.05, 0.1) is 18.0 Å². The second-order valence-electron chi connectivity index (χ2n) is 9.71. The van der Waals surface area contributed by atoms with Gasteiger partial charge in [0, 0.05) is 56.9 Å². The number of nitrogens with zero attached hydrogens (tertiary/aromatic N) is 4. The van der Waals surface area contributed by atoms with E-state index in [-0.39, 0.29) is 49.0 Å². The Labute approximate surface area is 255 Å². The van der Waals surface area contributed by atoms with E-state index in [1.165, 1.54) is 11.1 Å². The lowest BCUT2D eigenvalue weighted by Crippen LogP contribution is -2.47. The Morgan fingerprint density at radius 3 is 2.38 bits per heavy atom. The smallest absolute Gasteiger partial charge is 0.242 e. The van der Waals surface area contributed by atoms with Crippen LogP contribution in [0.2, 0.25) is 0 Å². The molecule has 218 valence electrons. The number of rotatable bonds is 10. The van der Waals surface area contributed by atoms with Crippen molar-refractivity contribution in [2.75, 3.05) is 36.5 Å². The molecule has 1 aliphatic heterocycles. The van der Waals surface area contributed by atoms with E-state index >= 15 is 0 Å². The fourth-order valence-electron chi connectivity index (χ4n) is 4.57. The monoisotopic (exact) mass is 609 g/mol. The fourth-order valence-corrected chi connectivity index (χ4v) is 4.57. The molecular formula is C29H38Cl3N5O3. The number of anilines is 2. The minimum atomic E-state index is -1.12. The van der Waals surface area contributed by atoms with Gasteiger partial charge in [0.1, 0.15) is 11.2 Å². The molecule has 0 atom stereocenters. The zero-order chi connectivity index (χ0) is 26.4. The maximum absolute atomic E-state index is 13.0. The molecule has 11 heteroatoms. The maximum atomic E-state index is 13.0. The van der Waals surface area contributed by atoms with Crippen LogP contribution in [0.5, 0.6) is 5.75 Å². The average Bonchev–Trinajstić information content (AvgIpc) is 2.96. The Kier molecular flexibility index (Phi) is 13.8. The van der Waals surface area contributed by atoms with Gasteiger partial charge in [-0.15, -0.1) is 37.2 Å². The van der Waals surface area contributed by atoms with Gasteiger partial charge >= 0.3 is 0 Å². The molecule has 1 aliphatic rings. The van der Waals surface area contributed by atoms with E-state index in [0.29, 0.717) is 24.6 Å². The highest BCUT2D eigenvalue weighted by atomic mass is 35.5. The van der Waals surface area contributed by atoms with Gasteiger partial charge in [0.2, 0.25) is 11.8 Å². The van der Waals surface area contributed by atoms with Gasteiger partial charge in [0.15, 0.2) is 0 Å². The molecule has 2 amide bonds. The Morgan fingerprint density at radius 1 is 0.950 bits per heavy atom. The molecule has 0 bridgehead atoms. The zero-order valence-corrected chi connectivity index (χ0v) is 25.7. The van der Waals surface area contributed by atoms with Gasteiger partial charge in [-0.25, -0.2) is 0 Å². The van der Waals surface area contributed by atoms with E-state index < -0.39 is 5.41 Å². The third kappa shape index (κ3) is 7.85. The standard InChI is InChI=1S/C29H35N5O3.3ClH/c1-5-34-25-10-9-23(19-26(25)33(4)27(35)29(2,3)28(34)36)37-17-7-13-31-20-22-8-6-14-32-24(22)18-21-11-15-30-16-12-21;;;/h6,8-12,14-16,19,31H,5,7,13,17-18,20H2,1-4H3;3*1H. The van der Waals surface area contributed by atoms with Crippen molar-refractivity contribution in [3.63, 3.8) is 0 Å². The van der Waals surface area contributed by atoms with Crippen LogP contribution in [0.3, 0.4) is 0 Å². The van der Waals surface area contributed by atoms with Gasteiger partial charge in [-0.3, -0.25) is 19.6 Å². The van der Waals surface area contributed by atoms with Crippen molar-refractivity contribution in [3.8, 4) is 5.75 Å². The third-order valence-corrected chi connectivity index (χ3v) is 6.72. The topological polar surface area (TPSA) is 87.7 Å². The van der Waals surface area contributed by atoms with Gasteiger partial charge in [0.25, 0.3) is 0 Å². The molecule has 40 heavy (non-hydrogen) atoms. The van der Waals surface area contributed by atoms with Gasteiger partial charge < -0.3 is 19.9 Å². The summed E-state index contributed by atoms with van der Waals surface area (Å²) in [5.74, 6) is 0.256. The van der Waals surface area contributed by atoms with Crippen molar-refractivity contribution in [2.24, 2.45) is 5.41 Å². The molecule has 0 unspecified atom stereocenters. The molecule has 1 N–H and O–H groups in total. The third-order valence-electron chi connectivity index (χ3n) is 6.72. The lowest BCUT2D eigenvalue weighted by molar-refractivity contribution is -0.137. The molecule has 1 aromatic carbocycles. The summed E-state index contributed by atoms with van der Waals surface area (Å²) in [4.78, 5) is 37.9. The van der Waals surface area contributed by atoms with Gasteiger partial charge in [-0.1, -0.05) is 6.07 Å². The summed E-state index contributed by atoms with van der Waals surface area (Å²) < 4.78 is 6.00. The minimum absolute atomic E-state index is 0. The van der Waals surface area contributed by atoms with Crippen molar-refractivity contribution in [2.45, 2.75) is 40.2 Å². The number of carbonyl (C=O) groups excluding carboxylic acids is 2.